The highest BCUT2D eigenvalue weighted by Gasteiger charge is 2.17. The molecule has 3 aromatic rings. The fraction of sp³-hybridized carbons (Fsp3) is 0.250. The molecule has 1 aliphatic heterocycles. The van der Waals surface area contributed by atoms with E-state index in [1.54, 1.807) is 16.7 Å². The summed E-state index contributed by atoms with van der Waals surface area (Å²) in [4.78, 5) is 29.8. The highest BCUT2D eigenvalue weighted by atomic mass is 32.2. The minimum absolute atomic E-state index is 0.0229. The lowest BCUT2D eigenvalue weighted by Crippen LogP contribution is -2.22. The van der Waals surface area contributed by atoms with Gasteiger partial charge in [0.25, 0.3) is 5.56 Å². The zero-order valence-electron chi connectivity index (χ0n) is 14.4. The number of carbonyl (C=O) groups is 1. The molecule has 0 fully saturated rings. The minimum atomic E-state index is -0.0669. The van der Waals surface area contributed by atoms with Crippen LogP contribution in [0.2, 0.25) is 0 Å². The van der Waals surface area contributed by atoms with Crippen molar-refractivity contribution in [2.75, 3.05) is 12.4 Å². The minimum Gasteiger partial charge on any atom is -0.493 e. The number of Topliss-reactive ketones (excluding diaryl/α,β-unsaturated/α-hetero) is 1. The van der Waals surface area contributed by atoms with Crippen LogP contribution < -0.4 is 10.3 Å². The van der Waals surface area contributed by atoms with E-state index < -0.39 is 0 Å². The van der Waals surface area contributed by atoms with Gasteiger partial charge >= 0.3 is 0 Å². The smallest absolute Gasteiger partial charge is 0.262 e. The molecule has 0 N–H and O–H groups in total. The van der Waals surface area contributed by atoms with Crippen LogP contribution in [0.3, 0.4) is 0 Å². The summed E-state index contributed by atoms with van der Waals surface area (Å²) in [5.74, 6) is 1.13. The number of nitrogens with zero attached hydrogens (tertiary/aromatic N) is 2. The summed E-state index contributed by atoms with van der Waals surface area (Å²) in [5.41, 5.74) is 2.35. The number of aromatic nitrogens is 2. The van der Waals surface area contributed by atoms with Crippen molar-refractivity contribution in [3.8, 4) is 5.75 Å². The molecule has 6 heteroatoms. The van der Waals surface area contributed by atoms with Gasteiger partial charge in [0.1, 0.15) is 5.75 Å². The van der Waals surface area contributed by atoms with Crippen molar-refractivity contribution in [1.29, 1.82) is 0 Å². The molecule has 0 radical (unpaired) electrons. The van der Waals surface area contributed by atoms with E-state index in [1.165, 1.54) is 11.8 Å². The number of fused-ring (bicyclic) bond motifs is 2. The Morgan fingerprint density at radius 1 is 1.27 bits per heavy atom. The molecule has 0 bridgehead atoms. The Morgan fingerprint density at radius 3 is 2.96 bits per heavy atom. The summed E-state index contributed by atoms with van der Waals surface area (Å²) >= 11 is 1.31. The van der Waals surface area contributed by atoms with Gasteiger partial charge in [0, 0.05) is 18.5 Å². The predicted octanol–water partition coefficient (Wildman–Crippen LogP) is 3.33. The van der Waals surface area contributed by atoms with Crippen molar-refractivity contribution in [1.82, 2.24) is 9.55 Å². The van der Waals surface area contributed by atoms with Gasteiger partial charge in [-0.3, -0.25) is 14.2 Å². The number of rotatable bonds is 5. The first-order valence-electron chi connectivity index (χ1n) is 8.58. The maximum Gasteiger partial charge on any atom is 0.262 e. The van der Waals surface area contributed by atoms with Gasteiger partial charge in [-0.1, -0.05) is 23.9 Å². The van der Waals surface area contributed by atoms with Crippen LogP contribution in [-0.4, -0.2) is 27.7 Å². The average molecular weight is 366 g/mol. The van der Waals surface area contributed by atoms with E-state index in [0.29, 0.717) is 34.8 Å². The highest BCUT2D eigenvalue weighted by molar-refractivity contribution is 7.99. The monoisotopic (exact) mass is 366 g/mol. The number of hydrogen-bond acceptors (Lipinski definition) is 5. The van der Waals surface area contributed by atoms with E-state index in [2.05, 4.69) is 4.98 Å². The van der Waals surface area contributed by atoms with Crippen LogP contribution >= 0.6 is 11.8 Å². The number of carbonyl (C=O) groups excluding carboxylic acids is 1. The third-order valence-electron chi connectivity index (χ3n) is 4.49. The Labute approximate surface area is 155 Å². The highest BCUT2D eigenvalue weighted by Crippen LogP contribution is 2.27. The second-order valence-corrected chi connectivity index (χ2v) is 7.04. The summed E-state index contributed by atoms with van der Waals surface area (Å²) in [7, 11) is 0. The Kier molecular flexibility index (Phi) is 4.51. The van der Waals surface area contributed by atoms with Crippen LogP contribution in [0.5, 0.6) is 5.75 Å². The van der Waals surface area contributed by atoms with Crippen LogP contribution in [0.4, 0.5) is 0 Å². The molecule has 2 heterocycles. The normalized spacial score (nSPS) is 12.8. The number of para-hydroxylation sites is 1. The summed E-state index contributed by atoms with van der Waals surface area (Å²) < 4.78 is 7.10. The average Bonchev–Trinajstić information content (AvgIpc) is 3.14. The van der Waals surface area contributed by atoms with Crippen LogP contribution in [0.1, 0.15) is 22.8 Å². The van der Waals surface area contributed by atoms with Crippen molar-refractivity contribution in [2.45, 2.75) is 25.0 Å². The lowest BCUT2D eigenvalue weighted by Gasteiger charge is -2.11. The SMILES string of the molecule is CCn1c(SCC(=O)c2ccc3c(c2)CCO3)nc2ccccc2c1=O. The number of ketones is 1. The molecular formula is C20H18N2O3S. The molecule has 0 saturated heterocycles. The summed E-state index contributed by atoms with van der Waals surface area (Å²) in [6.45, 7) is 3.10. The number of benzene rings is 2. The van der Waals surface area contributed by atoms with Gasteiger partial charge in [0.2, 0.25) is 0 Å². The van der Waals surface area contributed by atoms with Gasteiger partial charge in [-0.2, -0.15) is 0 Å². The number of hydrogen-bond donors (Lipinski definition) is 0. The van der Waals surface area contributed by atoms with E-state index in [-0.39, 0.29) is 17.1 Å². The molecule has 0 spiro atoms. The maximum atomic E-state index is 12.6. The fourth-order valence-electron chi connectivity index (χ4n) is 3.11. The molecule has 5 nitrogen and oxygen atoms in total. The van der Waals surface area contributed by atoms with Crippen LogP contribution in [-0.2, 0) is 13.0 Å². The molecule has 1 aromatic heterocycles. The first-order valence-corrected chi connectivity index (χ1v) is 9.57. The van der Waals surface area contributed by atoms with Crippen molar-refractivity contribution in [2.24, 2.45) is 0 Å². The van der Waals surface area contributed by atoms with E-state index >= 15 is 0 Å². The van der Waals surface area contributed by atoms with Crippen LogP contribution in [0.25, 0.3) is 10.9 Å². The fourth-order valence-corrected chi connectivity index (χ4v) is 4.07. The first kappa shape index (κ1) is 16.8. The third-order valence-corrected chi connectivity index (χ3v) is 5.46. The standard InChI is InChI=1S/C20H18N2O3S/c1-2-22-19(24)15-5-3-4-6-16(15)21-20(22)26-12-17(23)13-7-8-18-14(11-13)9-10-25-18/h3-8,11H,2,9-10,12H2,1H3. The van der Waals surface area contributed by atoms with Gasteiger partial charge in [-0.15, -0.1) is 0 Å². The number of thioether (sulfide) groups is 1. The van der Waals surface area contributed by atoms with Gasteiger partial charge < -0.3 is 4.74 Å². The van der Waals surface area contributed by atoms with Crippen molar-refractivity contribution < 1.29 is 9.53 Å². The van der Waals surface area contributed by atoms with Gasteiger partial charge in [-0.25, -0.2) is 4.98 Å². The molecule has 4 rings (SSSR count). The molecule has 132 valence electrons. The number of ether oxygens (including phenoxy) is 1. The zero-order chi connectivity index (χ0) is 18.1. The first-order chi connectivity index (χ1) is 12.7. The molecule has 0 saturated carbocycles. The topological polar surface area (TPSA) is 61.2 Å². The Bertz CT molecular complexity index is 1060. The van der Waals surface area contributed by atoms with E-state index in [1.807, 2.05) is 37.3 Å². The lowest BCUT2D eigenvalue weighted by atomic mass is 10.1. The van der Waals surface area contributed by atoms with Gasteiger partial charge in [0.05, 0.1) is 23.3 Å². The second-order valence-electron chi connectivity index (χ2n) is 6.09. The van der Waals surface area contributed by atoms with E-state index in [0.717, 1.165) is 17.7 Å². The Balaban J connectivity index is 1.59. The van der Waals surface area contributed by atoms with Crippen LogP contribution in [0, 0.1) is 0 Å². The van der Waals surface area contributed by atoms with Crippen LogP contribution in [0.15, 0.2) is 52.4 Å². The predicted molar refractivity (Wildman–Crippen MR) is 102 cm³/mol. The molecule has 0 atom stereocenters. The molecule has 0 amide bonds. The molecular weight excluding hydrogens is 348 g/mol. The maximum absolute atomic E-state index is 12.6. The summed E-state index contributed by atoms with van der Waals surface area (Å²) in [6.07, 6.45) is 0.838. The van der Waals surface area contributed by atoms with E-state index in [9.17, 15) is 9.59 Å². The molecule has 2 aromatic carbocycles. The zero-order valence-corrected chi connectivity index (χ0v) is 15.2. The largest absolute Gasteiger partial charge is 0.493 e. The Morgan fingerprint density at radius 2 is 2.12 bits per heavy atom. The van der Waals surface area contributed by atoms with Gasteiger partial charge in [-0.05, 0) is 42.8 Å². The van der Waals surface area contributed by atoms with Gasteiger partial charge in [0.15, 0.2) is 10.9 Å². The van der Waals surface area contributed by atoms with Crippen molar-refractivity contribution in [3.05, 3.63) is 63.9 Å². The summed E-state index contributed by atoms with van der Waals surface area (Å²) in [5, 5.41) is 1.18. The van der Waals surface area contributed by atoms with Crippen molar-refractivity contribution in [3.63, 3.8) is 0 Å². The Hall–Kier alpha value is -2.60. The molecule has 0 unspecified atom stereocenters. The van der Waals surface area contributed by atoms with Crippen molar-refractivity contribution >= 4 is 28.4 Å². The molecule has 26 heavy (non-hydrogen) atoms. The summed E-state index contributed by atoms with van der Waals surface area (Å²) in [6, 6.07) is 12.9. The molecule has 1 aliphatic rings. The quantitative estimate of drug-likeness (QED) is 0.394. The van der Waals surface area contributed by atoms with E-state index in [4.69, 9.17) is 4.74 Å². The molecule has 0 aliphatic carbocycles. The lowest BCUT2D eigenvalue weighted by molar-refractivity contribution is 0.102. The second kappa shape index (κ2) is 6.96. The third kappa shape index (κ3) is 3.01.